The van der Waals surface area contributed by atoms with E-state index in [0.29, 0.717) is 0 Å². The van der Waals surface area contributed by atoms with Crippen LogP contribution in [-0.2, 0) is 6.18 Å². The standard InChI is InChI=1S/C10H10F3NO3/c1-5(2)17-7-4-3-6(9(15)16)8(14-7)10(11,12)13/h3-5H,1-2H3,(H,15,16). The van der Waals surface area contributed by atoms with E-state index in [1.165, 1.54) is 0 Å². The lowest BCUT2D eigenvalue weighted by Crippen LogP contribution is -2.17. The number of hydrogen-bond acceptors (Lipinski definition) is 3. The van der Waals surface area contributed by atoms with Crippen molar-refractivity contribution in [2.24, 2.45) is 0 Å². The van der Waals surface area contributed by atoms with Gasteiger partial charge in [-0.05, 0) is 19.9 Å². The third kappa shape index (κ3) is 3.33. The van der Waals surface area contributed by atoms with E-state index in [1.54, 1.807) is 13.8 Å². The van der Waals surface area contributed by atoms with E-state index in [0.717, 1.165) is 12.1 Å². The van der Waals surface area contributed by atoms with Crippen molar-refractivity contribution >= 4 is 5.97 Å². The van der Waals surface area contributed by atoms with Crippen molar-refractivity contribution < 1.29 is 27.8 Å². The number of halogens is 3. The fourth-order valence-electron chi connectivity index (χ4n) is 1.14. The van der Waals surface area contributed by atoms with Gasteiger partial charge in [0, 0.05) is 6.07 Å². The van der Waals surface area contributed by atoms with Crippen LogP contribution in [0.1, 0.15) is 29.9 Å². The number of pyridine rings is 1. The summed E-state index contributed by atoms with van der Waals surface area (Å²) in [6.07, 6.45) is -5.18. The minimum atomic E-state index is -4.83. The second kappa shape index (κ2) is 4.60. The maximum atomic E-state index is 12.5. The molecular formula is C10H10F3NO3. The minimum absolute atomic E-state index is 0.252. The number of hydrogen-bond donors (Lipinski definition) is 1. The molecule has 0 atom stereocenters. The van der Waals surface area contributed by atoms with Crippen LogP contribution >= 0.6 is 0 Å². The SMILES string of the molecule is CC(C)Oc1ccc(C(=O)O)c(C(F)(F)F)n1. The van der Waals surface area contributed by atoms with Crippen molar-refractivity contribution in [3.8, 4) is 5.88 Å². The molecule has 0 fully saturated rings. The predicted octanol–water partition coefficient (Wildman–Crippen LogP) is 2.59. The van der Waals surface area contributed by atoms with Gasteiger partial charge in [0.1, 0.15) is 0 Å². The number of carboxylic acids is 1. The second-order valence-electron chi connectivity index (χ2n) is 3.52. The third-order valence-corrected chi connectivity index (χ3v) is 1.73. The normalized spacial score (nSPS) is 11.6. The summed E-state index contributed by atoms with van der Waals surface area (Å²) >= 11 is 0. The lowest BCUT2D eigenvalue weighted by Gasteiger charge is -2.13. The zero-order valence-corrected chi connectivity index (χ0v) is 9.08. The summed E-state index contributed by atoms with van der Waals surface area (Å²) in [7, 11) is 0. The summed E-state index contributed by atoms with van der Waals surface area (Å²) in [6.45, 7) is 3.25. The molecule has 0 spiro atoms. The molecular weight excluding hydrogens is 239 g/mol. The Kier molecular flexibility index (Phi) is 3.59. The summed E-state index contributed by atoms with van der Waals surface area (Å²) in [5.74, 6) is -1.93. The van der Waals surface area contributed by atoms with Gasteiger partial charge in [0.05, 0.1) is 11.7 Å². The van der Waals surface area contributed by atoms with Gasteiger partial charge in [0.15, 0.2) is 5.69 Å². The number of aromatic carboxylic acids is 1. The Labute approximate surface area is 95.0 Å². The van der Waals surface area contributed by atoms with Crippen molar-refractivity contribution in [3.05, 3.63) is 23.4 Å². The molecule has 7 heteroatoms. The van der Waals surface area contributed by atoms with Gasteiger partial charge in [-0.25, -0.2) is 9.78 Å². The molecule has 0 aliphatic carbocycles. The van der Waals surface area contributed by atoms with Gasteiger partial charge in [0.2, 0.25) is 5.88 Å². The van der Waals surface area contributed by atoms with E-state index >= 15 is 0 Å². The molecule has 1 aromatic rings. The molecule has 0 saturated heterocycles. The van der Waals surface area contributed by atoms with Gasteiger partial charge in [-0.3, -0.25) is 0 Å². The summed E-state index contributed by atoms with van der Waals surface area (Å²) in [5, 5.41) is 8.62. The van der Waals surface area contributed by atoms with E-state index in [-0.39, 0.29) is 12.0 Å². The van der Waals surface area contributed by atoms with E-state index in [1.807, 2.05) is 0 Å². The average Bonchev–Trinajstić information content (AvgIpc) is 2.14. The molecule has 0 radical (unpaired) electrons. The van der Waals surface area contributed by atoms with Crippen molar-refractivity contribution in [2.45, 2.75) is 26.1 Å². The van der Waals surface area contributed by atoms with E-state index < -0.39 is 23.4 Å². The molecule has 0 saturated carbocycles. The topological polar surface area (TPSA) is 59.4 Å². The first-order chi connectivity index (χ1) is 7.71. The maximum absolute atomic E-state index is 12.5. The van der Waals surface area contributed by atoms with Crippen LogP contribution in [0.3, 0.4) is 0 Å². The molecule has 0 aliphatic rings. The number of carboxylic acid groups (broad SMARTS) is 1. The van der Waals surface area contributed by atoms with Gasteiger partial charge in [-0.2, -0.15) is 13.2 Å². The molecule has 1 N–H and O–H groups in total. The van der Waals surface area contributed by atoms with Crippen LogP contribution in [0.15, 0.2) is 12.1 Å². The molecule has 0 amide bonds. The van der Waals surface area contributed by atoms with Gasteiger partial charge < -0.3 is 9.84 Å². The van der Waals surface area contributed by atoms with Gasteiger partial charge >= 0.3 is 12.1 Å². The molecule has 0 aliphatic heterocycles. The number of aromatic nitrogens is 1. The van der Waals surface area contributed by atoms with Crippen LogP contribution in [0, 0.1) is 0 Å². The lowest BCUT2D eigenvalue weighted by molar-refractivity contribution is -0.142. The zero-order valence-electron chi connectivity index (χ0n) is 9.08. The monoisotopic (exact) mass is 249 g/mol. The number of nitrogens with zero attached hydrogens (tertiary/aromatic N) is 1. The lowest BCUT2D eigenvalue weighted by atomic mass is 10.2. The molecule has 4 nitrogen and oxygen atoms in total. The van der Waals surface area contributed by atoms with Gasteiger partial charge in [-0.1, -0.05) is 0 Å². The Morgan fingerprint density at radius 3 is 2.41 bits per heavy atom. The molecule has 0 bridgehead atoms. The summed E-state index contributed by atoms with van der Waals surface area (Å²) in [5.41, 5.74) is -2.35. The van der Waals surface area contributed by atoms with Crippen molar-refractivity contribution in [1.29, 1.82) is 0 Å². The number of alkyl halides is 3. The quantitative estimate of drug-likeness (QED) is 0.894. The first-order valence-electron chi connectivity index (χ1n) is 4.70. The third-order valence-electron chi connectivity index (χ3n) is 1.73. The number of ether oxygens (including phenoxy) is 1. The largest absolute Gasteiger partial charge is 0.478 e. The zero-order chi connectivity index (χ0) is 13.2. The van der Waals surface area contributed by atoms with Crippen LogP contribution < -0.4 is 4.74 Å². The highest BCUT2D eigenvalue weighted by molar-refractivity contribution is 5.89. The Morgan fingerprint density at radius 2 is 2.00 bits per heavy atom. The molecule has 94 valence electrons. The van der Waals surface area contributed by atoms with Crippen LogP contribution in [0.25, 0.3) is 0 Å². The Hall–Kier alpha value is -1.79. The van der Waals surface area contributed by atoms with Crippen molar-refractivity contribution in [2.75, 3.05) is 0 Å². The van der Waals surface area contributed by atoms with Gasteiger partial charge in [0.25, 0.3) is 0 Å². The van der Waals surface area contributed by atoms with Crippen LogP contribution in [-0.4, -0.2) is 22.2 Å². The molecule has 1 heterocycles. The first-order valence-corrected chi connectivity index (χ1v) is 4.70. The number of carbonyl (C=O) groups is 1. The highest BCUT2D eigenvalue weighted by Gasteiger charge is 2.37. The minimum Gasteiger partial charge on any atom is -0.478 e. The van der Waals surface area contributed by atoms with E-state index in [2.05, 4.69) is 4.98 Å². The molecule has 0 aromatic carbocycles. The highest BCUT2D eigenvalue weighted by Crippen LogP contribution is 2.32. The molecule has 17 heavy (non-hydrogen) atoms. The van der Waals surface area contributed by atoms with Crippen LogP contribution in [0.5, 0.6) is 5.88 Å². The fraction of sp³-hybridized carbons (Fsp3) is 0.400. The smallest absolute Gasteiger partial charge is 0.434 e. The van der Waals surface area contributed by atoms with Crippen LogP contribution in [0.2, 0.25) is 0 Å². The van der Waals surface area contributed by atoms with E-state index in [9.17, 15) is 18.0 Å². The number of rotatable bonds is 3. The Bertz CT molecular complexity index is 429. The summed E-state index contributed by atoms with van der Waals surface area (Å²) in [4.78, 5) is 13.8. The van der Waals surface area contributed by atoms with Gasteiger partial charge in [-0.15, -0.1) is 0 Å². The highest BCUT2D eigenvalue weighted by atomic mass is 19.4. The molecule has 1 rings (SSSR count). The fourth-order valence-corrected chi connectivity index (χ4v) is 1.14. The molecule has 1 aromatic heterocycles. The summed E-state index contributed by atoms with van der Waals surface area (Å²) < 4.78 is 42.6. The molecule has 0 unspecified atom stereocenters. The van der Waals surface area contributed by atoms with Crippen molar-refractivity contribution in [3.63, 3.8) is 0 Å². The first kappa shape index (κ1) is 13.3. The summed E-state index contributed by atoms with van der Waals surface area (Å²) in [6, 6.07) is 1.93. The Morgan fingerprint density at radius 1 is 1.41 bits per heavy atom. The van der Waals surface area contributed by atoms with Crippen molar-refractivity contribution in [1.82, 2.24) is 4.98 Å². The predicted molar refractivity (Wildman–Crippen MR) is 52.0 cm³/mol. The van der Waals surface area contributed by atoms with Crippen LogP contribution in [0.4, 0.5) is 13.2 Å². The van der Waals surface area contributed by atoms with E-state index in [4.69, 9.17) is 9.84 Å². The average molecular weight is 249 g/mol. The maximum Gasteiger partial charge on any atom is 0.434 e. The second-order valence-corrected chi connectivity index (χ2v) is 3.52. The Balaban J connectivity index is 3.25.